The van der Waals surface area contributed by atoms with Gasteiger partial charge in [-0.3, -0.25) is 0 Å². The highest BCUT2D eigenvalue weighted by atomic mass is 32.1. The second kappa shape index (κ2) is 6.20. The molecule has 1 aliphatic heterocycles. The van der Waals surface area contributed by atoms with Gasteiger partial charge in [-0.05, 0) is 24.6 Å². The van der Waals surface area contributed by atoms with Crippen LogP contribution in [0.25, 0.3) is 26.6 Å². The third kappa shape index (κ3) is 2.83. The molecule has 8 heteroatoms. The predicted octanol–water partition coefficient (Wildman–Crippen LogP) is 4.65. The molecule has 0 unspecified atom stereocenters. The van der Waals surface area contributed by atoms with Crippen molar-refractivity contribution in [1.82, 2.24) is 19.6 Å². The molecule has 1 saturated heterocycles. The topological polar surface area (TPSA) is 80.0 Å². The summed E-state index contributed by atoms with van der Waals surface area (Å²) in [4.78, 5) is 10.2. The molecule has 6 nitrogen and oxygen atoms in total. The molecule has 0 amide bonds. The van der Waals surface area contributed by atoms with Crippen LogP contribution < -0.4 is 0 Å². The maximum atomic E-state index is 9.07. The number of rotatable bonds is 2. The van der Waals surface area contributed by atoms with Gasteiger partial charge in [-0.15, -0.1) is 0 Å². The second-order valence-corrected chi connectivity index (χ2v) is 8.31. The Morgan fingerprint density at radius 3 is 2.81 bits per heavy atom. The van der Waals surface area contributed by atoms with E-state index in [9.17, 15) is 0 Å². The van der Waals surface area contributed by atoms with Crippen molar-refractivity contribution in [3.63, 3.8) is 0 Å². The highest BCUT2D eigenvalue weighted by Crippen LogP contribution is 2.35. The first-order valence-corrected chi connectivity index (χ1v) is 10.1. The van der Waals surface area contributed by atoms with Crippen LogP contribution in [0.15, 0.2) is 22.7 Å². The minimum atomic E-state index is 0.215. The van der Waals surface area contributed by atoms with Crippen LogP contribution in [0, 0.1) is 25.1 Å². The zero-order chi connectivity index (χ0) is 18.5. The summed E-state index contributed by atoms with van der Waals surface area (Å²) < 4.78 is 7.59. The van der Waals surface area contributed by atoms with Gasteiger partial charge in [-0.1, -0.05) is 36.8 Å². The number of oxazole rings is 1. The Balaban J connectivity index is 1.46. The molecule has 0 saturated carbocycles. The van der Waals surface area contributed by atoms with E-state index in [4.69, 9.17) is 19.8 Å². The van der Waals surface area contributed by atoms with Gasteiger partial charge in [-0.25, -0.2) is 19.7 Å². The molecule has 27 heavy (non-hydrogen) atoms. The third-order valence-corrected chi connectivity index (χ3v) is 6.40. The molecule has 0 radical (unpaired) electrons. The molecule has 1 aliphatic rings. The van der Waals surface area contributed by atoms with Crippen molar-refractivity contribution in [2.45, 2.75) is 45.2 Å². The van der Waals surface area contributed by atoms with Gasteiger partial charge in [0.2, 0.25) is 4.96 Å². The average Bonchev–Trinajstić information content (AvgIpc) is 3.34. The molecular formula is C19H18BN5OS. The summed E-state index contributed by atoms with van der Waals surface area (Å²) in [5.41, 5.74) is 4.93. The number of nitrogens with zero attached hydrogens (tertiary/aromatic N) is 5. The van der Waals surface area contributed by atoms with E-state index in [1.807, 2.05) is 24.4 Å². The Bertz CT molecular complexity index is 1160. The summed E-state index contributed by atoms with van der Waals surface area (Å²) in [6.07, 6.45) is 6.08. The molecule has 1 aromatic carbocycles. The van der Waals surface area contributed by atoms with E-state index < -0.39 is 0 Å². The number of imidazole rings is 1. The summed E-state index contributed by atoms with van der Waals surface area (Å²) in [5.74, 6) is 3.52. The van der Waals surface area contributed by atoms with Crippen LogP contribution in [-0.2, 0) is 0 Å². The van der Waals surface area contributed by atoms with Gasteiger partial charge < -0.3 is 4.42 Å². The molecular weight excluding hydrogens is 357 g/mol. The van der Waals surface area contributed by atoms with Crippen LogP contribution in [0.5, 0.6) is 0 Å². The molecule has 0 atom stereocenters. The number of aryl methyl sites for hydroxylation is 2. The van der Waals surface area contributed by atoms with Crippen molar-refractivity contribution in [3.05, 3.63) is 35.5 Å². The molecule has 5 rings (SSSR count). The van der Waals surface area contributed by atoms with Crippen LogP contribution in [0.1, 0.15) is 35.9 Å². The molecule has 1 fully saturated rings. The molecule has 4 heterocycles. The zero-order valence-electron chi connectivity index (χ0n) is 15.3. The lowest BCUT2D eigenvalue weighted by atomic mass is 9.41. The van der Waals surface area contributed by atoms with E-state index in [0.29, 0.717) is 11.8 Å². The van der Waals surface area contributed by atoms with E-state index in [0.717, 1.165) is 63.4 Å². The van der Waals surface area contributed by atoms with E-state index in [2.05, 4.69) is 23.2 Å². The summed E-state index contributed by atoms with van der Waals surface area (Å²) in [6.45, 7) is 4.12. The largest absolute Gasteiger partial charge is 0.441 e. The van der Waals surface area contributed by atoms with Crippen molar-refractivity contribution < 1.29 is 4.42 Å². The fourth-order valence-corrected chi connectivity index (χ4v) is 4.86. The van der Waals surface area contributed by atoms with Gasteiger partial charge in [0.15, 0.2) is 11.5 Å². The van der Waals surface area contributed by atoms with Crippen molar-refractivity contribution in [1.29, 1.82) is 5.26 Å². The number of hydrogen-bond acceptors (Lipinski definition) is 6. The van der Waals surface area contributed by atoms with Gasteiger partial charge in [-0.2, -0.15) is 5.10 Å². The first kappa shape index (κ1) is 16.5. The molecule has 4 aromatic rings. The quantitative estimate of drug-likeness (QED) is 0.477. The maximum absolute atomic E-state index is 9.07. The smallest absolute Gasteiger partial charge is 0.267 e. The Hall–Kier alpha value is -2.66. The van der Waals surface area contributed by atoms with E-state index in [1.54, 1.807) is 11.3 Å². The standard InChI is InChI=1S/C19H18BN5OS/c1-11-7-14(8-16-17(11)22-12(2)26-16)18-24-25-9-15(23-19(25)27-18)13-3-5-20(10-21)6-4-13/h7-9,13H,3-6H2,1-2H3. The predicted molar refractivity (Wildman–Crippen MR) is 106 cm³/mol. The fourth-order valence-electron chi connectivity index (χ4n) is 3.98. The Kier molecular flexibility index (Phi) is 3.79. The lowest BCUT2D eigenvalue weighted by Gasteiger charge is -2.21. The van der Waals surface area contributed by atoms with Gasteiger partial charge >= 0.3 is 0 Å². The number of aromatic nitrogens is 4. The minimum absolute atomic E-state index is 0.215. The lowest BCUT2D eigenvalue weighted by molar-refractivity contribution is 0.561. The highest BCUT2D eigenvalue weighted by Gasteiger charge is 2.27. The van der Waals surface area contributed by atoms with Gasteiger partial charge in [0.1, 0.15) is 10.5 Å². The number of fused-ring (bicyclic) bond motifs is 2. The maximum Gasteiger partial charge on any atom is 0.267 e. The summed E-state index contributed by atoms with van der Waals surface area (Å²) in [5, 5.41) is 14.7. The normalized spacial score (nSPS) is 15.7. The van der Waals surface area contributed by atoms with Crippen molar-refractivity contribution in [3.8, 4) is 16.5 Å². The zero-order valence-corrected chi connectivity index (χ0v) is 16.1. The van der Waals surface area contributed by atoms with E-state index in [1.165, 1.54) is 0 Å². The van der Waals surface area contributed by atoms with E-state index >= 15 is 0 Å². The minimum Gasteiger partial charge on any atom is -0.441 e. The molecule has 134 valence electrons. The number of nitriles is 1. The Morgan fingerprint density at radius 1 is 1.26 bits per heavy atom. The van der Waals surface area contributed by atoms with Crippen LogP contribution in [0.2, 0.25) is 12.6 Å². The SMILES string of the molecule is Cc1nc2c(C)cc(-c3nn4cc(C5CCB(C#N)CC5)nc4s3)cc2o1. The van der Waals surface area contributed by atoms with Crippen LogP contribution in [0.4, 0.5) is 0 Å². The summed E-state index contributed by atoms with van der Waals surface area (Å²) >= 11 is 1.59. The number of hydrogen-bond donors (Lipinski definition) is 0. The fraction of sp³-hybridized carbons (Fsp3) is 0.368. The van der Waals surface area contributed by atoms with Gasteiger partial charge in [0.25, 0.3) is 6.71 Å². The highest BCUT2D eigenvalue weighted by molar-refractivity contribution is 7.19. The van der Waals surface area contributed by atoms with Gasteiger partial charge in [0.05, 0.1) is 11.9 Å². The average molecular weight is 375 g/mol. The van der Waals surface area contributed by atoms with Crippen molar-refractivity contribution in [2.75, 3.05) is 0 Å². The van der Waals surface area contributed by atoms with Crippen molar-refractivity contribution >= 4 is 34.1 Å². The summed E-state index contributed by atoms with van der Waals surface area (Å²) in [6, 6.07) is 4.11. The first-order valence-electron chi connectivity index (χ1n) is 9.24. The first-order chi connectivity index (χ1) is 13.1. The lowest BCUT2D eigenvalue weighted by Crippen LogP contribution is -2.19. The second-order valence-electron chi connectivity index (χ2n) is 7.35. The van der Waals surface area contributed by atoms with Crippen LogP contribution in [-0.4, -0.2) is 26.3 Å². The Morgan fingerprint density at radius 2 is 2.07 bits per heavy atom. The molecule has 3 aromatic heterocycles. The summed E-state index contributed by atoms with van der Waals surface area (Å²) in [7, 11) is 0. The molecule has 0 N–H and O–H groups in total. The number of benzene rings is 1. The molecule has 0 spiro atoms. The van der Waals surface area contributed by atoms with Crippen molar-refractivity contribution in [2.24, 2.45) is 0 Å². The van der Waals surface area contributed by atoms with Crippen LogP contribution in [0.3, 0.4) is 0 Å². The van der Waals surface area contributed by atoms with Crippen LogP contribution >= 0.6 is 11.3 Å². The molecule has 0 bridgehead atoms. The van der Waals surface area contributed by atoms with E-state index in [-0.39, 0.29) is 6.71 Å². The third-order valence-electron chi connectivity index (χ3n) is 5.43. The monoisotopic (exact) mass is 375 g/mol. The van der Waals surface area contributed by atoms with Gasteiger partial charge in [0, 0.05) is 24.4 Å². The molecule has 0 aliphatic carbocycles. The Labute approximate surface area is 160 Å².